The molecule has 1 aromatic carbocycles. The van der Waals surface area contributed by atoms with E-state index in [0.717, 1.165) is 18.6 Å². The van der Waals surface area contributed by atoms with Crippen LogP contribution in [0, 0.1) is 0 Å². The molecule has 0 aliphatic carbocycles. The van der Waals surface area contributed by atoms with Crippen LogP contribution in [0.2, 0.25) is 0 Å². The highest BCUT2D eigenvalue weighted by molar-refractivity contribution is 5.56. The average molecular weight is 213 g/mol. The number of nitrogens with zero attached hydrogens (tertiary/aromatic N) is 1. The first kappa shape index (κ1) is 9.52. The zero-order valence-electron chi connectivity index (χ0n) is 9.39. The number of aryl methyl sites for hydroxylation is 1. The monoisotopic (exact) mass is 213 g/mol. The lowest BCUT2D eigenvalue weighted by Crippen LogP contribution is -2.28. The number of hydrogen-bond donors (Lipinski definition) is 0. The highest BCUT2D eigenvalue weighted by atomic mass is 16.3. The minimum Gasteiger partial charge on any atom is -0.467 e. The highest BCUT2D eigenvalue weighted by Crippen LogP contribution is 2.36. The van der Waals surface area contributed by atoms with Gasteiger partial charge in [-0.1, -0.05) is 18.2 Å². The van der Waals surface area contributed by atoms with Gasteiger partial charge in [-0.3, -0.25) is 0 Å². The zero-order valence-corrected chi connectivity index (χ0v) is 9.39. The van der Waals surface area contributed by atoms with Crippen molar-refractivity contribution < 1.29 is 4.42 Å². The zero-order chi connectivity index (χ0) is 11.0. The Morgan fingerprint density at radius 3 is 2.88 bits per heavy atom. The van der Waals surface area contributed by atoms with Crippen LogP contribution < -0.4 is 4.90 Å². The first-order valence-corrected chi connectivity index (χ1v) is 5.70. The molecule has 0 fully saturated rings. The van der Waals surface area contributed by atoms with E-state index in [9.17, 15) is 0 Å². The van der Waals surface area contributed by atoms with Gasteiger partial charge in [-0.2, -0.15) is 0 Å². The van der Waals surface area contributed by atoms with Crippen molar-refractivity contribution >= 4 is 5.69 Å². The molecule has 1 aromatic heterocycles. The Bertz CT molecular complexity index is 475. The van der Waals surface area contributed by atoms with Crippen LogP contribution in [0.4, 0.5) is 5.69 Å². The van der Waals surface area contributed by atoms with E-state index in [-0.39, 0.29) is 0 Å². The minimum absolute atomic E-state index is 0.380. The Labute approximate surface area is 95.5 Å². The number of anilines is 1. The van der Waals surface area contributed by atoms with Crippen LogP contribution in [0.5, 0.6) is 0 Å². The summed E-state index contributed by atoms with van der Waals surface area (Å²) in [5, 5.41) is 0. The van der Waals surface area contributed by atoms with E-state index in [1.54, 1.807) is 6.26 Å². The molecule has 0 spiro atoms. The normalized spacial score (nSPS) is 19.6. The van der Waals surface area contributed by atoms with Crippen molar-refractivity contribution in [1.82, 2.24) is 0 Å². The van der Waals surface area contributed by atoms with E-state index in [2.05, 4.69) is 42.3 Å². The number of hydrogen-bond acceptors (Lipinski definition) is 2. The molecule has 82 valence electrons. The van der Waals surface area contributed by atoms with Gasteiger partial charge in [-0.05, 0) is 36.6 Å². The second kappa shape index (κ2) is 3.71. The van der Waals surface area contributed by atoms with Gasteiger partial charge < -0.3 is 9.32 Å². The molecule has 1 aliphatic heterocycles. The molecular weight excluding hydrogens is 198 g/mol. The Morgan fingerprint density at radius 1 is 1.19 bits per heavy atom. The summed E-state index contributed by atoms with van der Waals surface area (Å²) in [6.45, 7) is 0. The lowest BCUT2D eigenvalue weighted by Gasteiger charge is -2.34. The topological polar surface area (TPSA) is 16.4 Å². The van der Waals surface area contributed by atoms with Crippen molar-refractivity contribution in [2.45, 2.75) is 18.9 Å². The quantitative estimate of drug-likeness (QED) is 0.721. The molecule has 1 aliphatic rings. The van der Waals surface area contributed by atoms with Gasteiger partial charge in [0.05, 0.1) is 12.3 Å². The molecule has 2 heterocycles. The van der Waals surface area contributed by atoms with Gasteiger partial charge in [-0.25, -0.2) is 0 Å². The molecule has 0 N–H and O–H groups in total. The second-order valence-electron chi connectivity index (χ2n) is 4.31. The molecule has 2 nitrogen and oxygen atoms in total. The molecule has 1 unspecified atom stereocenters. The van der Waals surface area contributed by atoms with Gasteiger partial charge in [-0.15, -0.1) is 0 Å². The summed E-state index contributed by atoms with van der Waals surface area (Å²) < 4.78 is 5.52. The smallest absolute Gasteiger partial charge is 0.126 e. The fourth-order valence-electron chi connectivity index (χ4n) is 2.53. The standard InChI is InChI=1S/C14H15NO/c1-15-12-6-3-2-5-11(12)8-9-13(15)14-7-4-10-16-14/h2-7,10,13H,8-9H2,1H3. The summed E-state index contributed by atoms with van der Waals surface area (Å²) in [6, 6.07) is 13.0. The van der Waals surface area contributed by atoms with Crippen molar-refractivity contribution in [3.8, 4) is 0 Å². The molecule has 3 rings (SSSR count). The van der Waals surface area contributed by atoms with Gasteiger partial charge in [0, 0.05) is 12.7 Å². The van der Waals surface area contributed by atoms with Crippen molar-refractivity contribution in [3.05, 3.63) is 54.0 Å². The number of fused-ring (bicyclic) bond motifs is 1. The van der Waals surface area contributed by atoms with Crippen molar-refractivity contribution in [1.29, 1.82) is 0 Å². The van der Waals surface area contributed by atoms with E-state index >= 15 is 0 Å². The average Bonchev–Trinajstić information content (AvgIpc) is 2.83. The Morgan fingerprint density at radius 2 is 2.06 bits per heavy atom. The van der Waals surface area contributed by atoms with Crippen molar-refractivity contribution in [3.63, 3.8) is 0 Å². The van der Waals surface area contributed by atoms with Crippen LogP contribution in [0.1, 0.15) is 23.8 Å². The predicted molar refractivity (Wildman–Crippen MR) is 64.6 cm³/mol. The molecule has 1 atom stereocenters. The van der Waals surface area contributed by atoms with Crippen LogP contribution in [-0.2, 0) is 6.42 Å². The Kier molecular flexibility index (Phi) is 2.21. The van der Waals surface area contributed by atoms with E-state index in [1.807, 2.05) is 6.07 Å². The second-order valence-corrected chi connectivity index (χ2v) is 4.31. The van der Waals surface area contributed by atoms with Gasteiger partial charge >= 0.3 is 0 Å². The maximum Gasteiger partial charge on any atom is 0.126 e. The molecule has 0 saturated heterocycles. The van der Waals surface area contributed by atoms with E-state index < -0.39 is 0 Å². The van der Waals surface area contributed by atoms with E-state index in [4.69, 9.17) is 4.42 Å². The SMILES string of the molecule is CN1c2ccccc2CCC1c1ccco1. The summed E-state index contributed by atoms with van der Waals surface area (Å²) in [4.78, 5) is 2.32. The van der Waals surface area contributed by atoms with Crippen molar-refractivity contribution in [2.75, 3.05) is 11.9 Å². The van der Waals surface area contributed by atoms with Gasteiger partial charge in [0.25, 0.3) is 0 Å². The molecular formula is C14H15NO. The lowest BCUT2D eigenvalue weighted by molar-refractivity contribution is 0.434. The van der Waals surface area contributed by atoms with E-state index in [1.165, 1.54) is 11.3 Å². The minimum atomic E-state index is 0.380. The van der Waals surface area contributed by atoms with Crippen LogP contribution in [0.25, 0.3) is 0 Å². The van der Waals surface area contributed by atoms with Gasteiger partial charge in [0.2, 0.25) is 0 Å². The third kappa shape index (κ3) is 1.42. The van der Waals surface area contributed by atoms with Crippen molar-refractivity contribution in [2.24, 2.45) is 0 Å². The van der Waals surface area contributed by atoms with E-state index in [0.29, 0.717) is 6.04 Å². The fraction of sp³-hybridized carbons (Fsp3) is 0.286. The third-order valence-electron chi connectivity index (χ3n) is 3.40. The number of benzene rings is 1. The third-order valence-corrected chi connectivity index (χ3v) is 3.40. The molecule has 2 aromatic rings. The largest absolute Gasteiger partial charge is 0.467 e. The summed E-state index contributed by atoms with van der Waals surface area (Å²) in [5.74, 6) is 1.07. The summed E-state index contributed by atoms with van der Waals surface area (Å²) in [5.41, 5.74) is 2.77. The summed E-state index contributed by atoms with van der Waals surface area (Å²) in [6.07, 6.45) is 4.01. The number of furan rings is 1. The van der Waals surface area contributed by atoms with Gasteiger partial charge in [0.1, 0.15) is 5.76 Å². The molecule has 2 heteroatoms. The highest BCUT2D eigenvalue weighted by Gasteiger charge is 2.25. The fourth-order valence-corrected chi connectivity index (χ4v) is 2.53. The van der Waals surface area contributed by atoms with Crippen LogP contribution in [0.3, 0.4) is 0 Å². The predicted octanol–water partition coefficient (Wildman–Crippen LogP) is 3.40. The lowest BCUT2D eigenvalue weighted by atomic mass is 9.95. The van der Waals surface area contributed by atoms with Crippen LogP contribution >= 0.6 is 0 Å². The molecule has 16 heavy (non-hydrogen) atoms. The first-order valence-electron chi connectivity index (χ1n) is 5.70. The molecule has 0 amide bonds. The molecule has 0 bridgehead atoms. The summed E-state index contributed by atoms with van der Waals surface area (Å²) in [7, 11) is 2.14. The maximum atomic E-state index is 5.52. The summed E-state index contributed by atoms with van der Waals surface area (Å²) >= 11 is 0. The first-order chi connectivity index (χ1) is 7.86. The molecule has 0 radical (unpaired) electrons. The molecule has 0 saturated carbocycles. The Hall–Kier alpha value is -1.70. The van der Waals surface area contributed by atoms with Crippen LogP contribution in [-0.4, -0.2) is 7.05 Å². The van der Waals surface area contributed by atoms with Gasteiger partial charge in [0.15, 0.2) is 0 Å². The number of rotatable bonds is 1. The maximum absolute atomic E-state index is 5.52. The van der Waals surface area contributed by atoms with Crippen LogP contribution in [0.15, 0.2) is 47.1 Å². The number of para-hydroxylation sites is 1. The Balaban J connectivity index is 1.98.